The first-order valence-electron chi connectivity index (χ1n) is 12.7. The van der Waals surface area contributed by atoms with Gasteiger partial charge in [0.05, 0.1) is 17.4 Å². The van der Waals surface area contributed by atoms with E-state index in [-0.39, 0.29) is 5.75 Å². The van der Waals surface area contributed by atoms with Gasteiger partial charge in [-0.3, -0.25) is 9.67 Å². The minimum absolute atomic E-state index is 0.0274. The number of carbonyl (C=O) groups excluding carboxylic acids is 1. The molecule has 2 N–H and O–H groups in total. The monoisotopic (exact) mass is 523 g/mol. The molecule has 0 unspecified atom stereocenters. The molecule has 1 fully saturated rings. The molecular weight excluding hydrogens is 497 g/mol. The van der Waals surface area contributed by atoms with E-state index < -0.39 is 11.8 Å². The number of fused-ring (bicyclic) bond motifs is 1. The number of aromatic nitrogens is 4. The summed E-state index contributed by atoms with van der Waals surface area (Å²) in [4.78, 5) is 23.9. The van der Waals surface area contributed by atoms with E-state index in [0.717, 1.165) is 35.4 Å². The van der Waals surface area contributed by atoms with Crippen molar-refractivity contribution >= 4 is 34.1 Å². The highest BCUT2D eigenvalue weighted by Crippen LogP contribution is 2.29. The van der Waals surface area contributed by atoms with Crippen LogP contribution in [0.3, 0.4) is 0 Å². The van der Waals surface area contributed by atoms with Gasteiger partial charge in [-0.25, -0.2) is 14.2 Å². The Morgan fingerprint density at radius 2 is 1.77 bits per heavy atom. The Morgan fingerprint density at radius 3 is 2.54 bits per heavy atom. The van der Waals surface area contributed by atoms with Crippen molar-refractivity contribution in [1.29, 1.82) is 0 Å². The van der Waals surface area contributed by atoms with Crippen LogP contribution >= 0.6 is 0 Å². The summed E-state index contributed by atoms with van der Waals surface area (Å²) >= 11 is 0. The summed E-state index contributed by atoms with van der Waals surface area (Å²) in [6.07, 6.45) is 7.49. The van der Waals surface area contributed by atoms with E-state index in [2.05, 4.69) is 25.6 Å². The lowest BCUT2D eigenvalue weighted by molar-refractivity contribution is 0.262. The molecule has 2 aromatic carbocycles. The highest BCUT2D eigenvalue weighted by Gasteiger charge is 2.14. The number of halogens is 1. The van der Waals surface area contributed by atoms with E-state index in [1.807, 2.05) is 37.5 Å². The molecular formula is C29H26FN7O2. The number of pyridine rings is 2. The Kier molecular flexibility index (Phi) is 6.50. The van der Waals surface area contributed by atoms with Crippen molar-refractivity contribution < 1.29 is 13.9 Å². The third-order valence-corrected chi connectivity index (χ3v) is 6.51. The summed E-state index contributed by atoms with van der Waals surface area (Å²) in [7, 11) is 1.82. The molecule has 10 heteroatoms. The smallest absolute Gasteiger partial charge is 0.323 e. The van der Waals surface area contributed by atoms with Gasteiger partial charge in [-0.1, -0.05) is 0 Å². The molecule has 1 saturated heterocycles. The second kappa shape index (κ2) is 10.4. The molecule has 4 heterocycles. The first-order valence-corrected chi connectivity index (χ1v) is 12.7. The number of amides is 2. The molecule has 0 aliphatic carbocycles. The number of nitrogens with zero attached hydrogens (tertiary/aromatic N) is 5. The lowest BCUT2D eigenvalue weighted by Crippen LogP contribution is -2.19. The van der Waals surface area contributed by atoms with Gasteiger partial charge >= 0.3 is 6.03 Å². The van der Waals surface area contributed by atoms with E-state index >= 15 is 0 Å². The third kappa shape index (κ3) is 5.49. The van der Waals surface area contributed by atoms with Crippen LogP contribution in [0.2, 0.25) is 0 Å². The Labute approximate surface area is 224 Å². The average Bonchev–Trinajstić information content (AvgIpc) is 3.63. The number of aryl methyl sites for hydroxylation is 1. The zero-order valence-electron chi connectivity index (χ0n) is 21.3. The highest BCUT2D eigenvalue weighted by atomic mass is 19.1. The number of hydrogen-bond acceptors (Lipinski definition) is 6. The maximum atomic E-state index is 14.8. The topological polar surface area (TPSA) is 97.2 Å². The number of nitrogens with one attached hydrogen (secondary N) is 2. The summed E-state index contributed by atoms with van der Waals surface area (Å²) in [6.45, 7) is 2.06. The van der Waals surface area contributed by atoms with Crippen molar-refractivity contribution in [2.45, 2.75) is 12.8 Å². The lowest BCUT2D eigenvalue weighted by atomic mass is 10.2. The first kappa shape index (κ1) is 24.4. The van der Waals surface area contributed by atoms with E-state index in [4.69, 9.17) is 9.72 Å². The van der Waals surface area contributed by atoms with Gasteiger partial charge in [0.15, 0.2) is 11.6 Å². The van der Waals surface area contributed by atoms with Gasteiger partial charge in [-0.15, -0.1) is 0 Å². The van der Waals surface area contributed by atoms with Gasteiger partial charge in [-0.05, 0) is 61.4 Å². The van der Waals surface area contributed by atoms with Gasteiger partial charge in [0, 0.05) is 67.0 Å². The molecule has 0 radical (unpaired) electrons. The Balaban J connectivity index is 1.10. The molecule has 1 aliphatic rings. The predicted molar refractivity (Wildman–Crippen MR) is 149 cm³/mol. The fourth-order valence-corrected chi connectivity index (χ4v) is 4.58. The van der Waals surface area contributed by atoms with Crippen LogP contribution in [0.5, 0.6) is 11.5 Å². The molecule has 2 amide bonds. The number of anilines is 3. The molecule has 6 rings (SSSR count). The Hall–Kier alpha value is -4.99. The van der Waals surface area contributed by atoms with Crippen molar-refractivity contribution in [3.63, 3.8) is 0 Å². The minimum atomic E-state index is -0.613. The number of rotatable bonds is 6. The van der Waals surface area contributed by atoms with Crippen molar-refractivity contribution in [3.8, 4) is 22.8 Å². The molecule has 5 aromatic rings. The van der Waals surface area contributed by atoms with Gasteiger partial charge in [0.25, 0.3) is 0 Å². The minimum Gasteiger partial charge on any atom is -0.454 e. The van der Waals surface area contributed by atoms with E-state index in [0.29, 0.717) is 22.8 Å². The van der Waals surface area contributed by atoms with E-state index in [1.54, 1.807) is 41.3 Å². The van der Waals surface area contributed by atoms with Crippen LogP contribution in [0.15, 0.2) is 79.3 Å². The molecule has 39 heavy (non-hydrogen) atoms. The summed E-state index contributed by atoms with van der Waals surface area (Å²) in [5.41, 5.74) is 3.25. The number of ether oxygens (including phenoxy) is 1. The van der Waals surface area contributed by atoms with Gasteiger partial charge in [0.1, 0.15) is 11.6 Å². The van der Waals surface area contributed by atoms with Crippen LogP contribution in [0, 0.1) is 5.82 Å². The Morgan fingerprint density at radius 1 is 0.974 bits per heavy atom. The quantitative estimate of drug-likeness (QED) is 0.275. The molecule has 196 valence electrons. The van der Waals surface area contributed by atoms with Crippen LogP contribution < -0.4 is 20.3 Å². The SMILES string of the molecule is Cn1cc(-c2cc(Oc3ccc(NC(=O)Nc4ccc5nc(N6CCCC6)ccc5c4)cc3F)ccn2)cn1. The summed E-state index contributed by atoms with van der Waals surface area (Å²) in [5.74, 6) is 0.822. The summed E-state index contributed by atoms with van der Waals surface area (Å²) in [6, 6.07) is 16.7. The van der Waals surface area contributed by atoms with E-state index in [9.17, 15) is 9.18 Å². The highest BCUT2D eigenvalue weighted by molar-refractivity contribution is 6.01. The standard InChI is InChI=1S/C29H26FN7O2/c1-36-18-20(17-32-36)26-16-23(10-11-31-26)39-27-8-6-22(15-24(27)30)34-29(38)33-21-5-7-25-19(14-21)4-9-28(35-25)37-12-2-3-13-37/h4-11,14-18H,2-3,12-13H2,1H3,(H2,33,34,38). The van der Waals surface area contributed by atoms with Crippen molar-refractivity contribution in [3.05, 3.63) is 85.1 Å². The first-order chi connectivity index (χ1) is 19.0. The lowest BCUT2D eigenvalue weighted by Gasteiger charge is -2.16. The van der Waals surface area contributed by atoms with Crippen LogP contribution in [-0.2, 0) is 7.05 Å². The number of hydrogen-bond donors (Lipinski definition) is 2. The number of carbonyl (C=O) groups is 1. The van der Waals surface area contributed by atoms with Crippen LogP contribution in [0.4, 0.5) is 26.4 Å². The van der Waals surface area contributed by atoms with Crippen LogP contribution in [0.25, 0.3) is 22.2 Å². The molecule has 0 bridgehead atoms. The molecule has 0 spiro atoms. The largest absolute Gasteiger partial charge is 0.454 e. The van der Waals surface area contributed by atoms with Crippen LogP contribution in [0.1, 0.15) is 12.8 Å². The van der Waals surface area contributed by atoms with Crippen LogP contribution in [-0.4, -0.2) is 38.9 Å². The van der Waals surface area contributed by atoms with Gasteiger partial charge in [0.2, 0.25) is 0 Å². The summed E-state index contributed by atoms with van der Waals surface area (Å²) < 4.78 is 22.2. The fraction of sp³-hybridized carbons (Fsp3) is 0.172. The van der Waals surface area contributed by atoms with Crippen molar-refractivity contribution in [2.75, 3.05) is 28.6 Å². The maximum absolute atomic E-state index is 14.8. The maximum Gasteiger partial charge on any atom is 0.323 e. The zero-order valence-corrected chi connectivity index (χ0v) is 21.3. The van der Waals surface area contributed by atoms with Crippen molar-refractivity contribution in [2.24, 2.45) is 7.05 Å². The molecule has 0 saturated carbocycles. The van der Waals surface area contributed by atoms with Gasteiger partial charge in [-0.2, -0.15) is 5.10 Å². The van der Waals surface area contributed by atoms with Gasteiger partial charge < -0.3 is 20.3 Å². The third-order valence-electron chi connectivity index (χ3n) is 6.51. The molecule has 3 aromatic heterocycles. The molecule has 1 aliphatic heterocycles. The molecule has 9 nitrogen and oxygen atoms in total. The second-order valence-corrected chi connectivity index (χ2v) is 9.38. The predicted octanol–water partition coefficient (Wildman–Crippen LogP) is 6.21. The van der Waals surface area contributed by atoms with Crippen molar-refractivity contribution in [1.82, 2.24) is 19.7 Å². The number of urea groups is 1. The second-order valence-electron chi connectivity index (χ2n) is 9.38. The fourth-order valence-electron chi connectivity index (χ4n) is 4.58. The number of benzene rings is 2. The van der Waals surface area contributed by atoms with E-state index in [1.165, 1.54) is 25.0 Å². The average molecular weight is 524 g/mol. The normalized spacial score (nSPS) is 13.0. The zero-order chi connectivity index (χ0) is 26.8. The Bertz CT molecular complexity index is 1660. The summed E-state index contributed by atoms with van der Waals surface area (Å²) in [5, 5.41) is 10.5. The molecule has 0 atom stereocenters.